The van der Waals surface area contributed by atoms with Crippen LogP contribution in [-0.2, 0) is 20.1 Å². The van der Waals surface area contributed by atoms with Crippen LogP contribution in [0.3, 0.4) is 0 Å². The second kappa shape index (κ2) is 10.4. The number of hydrogen-bond acceptors (Lipinski definition) is 6. The molecule has 0 atom stereocenters. The predicted molar refractivity (Wildman–Crippen MR) is 137 cm³/mol. The largest absolute Gasteiger partial charge is 0.343 e. The average Bonchev–Trinajstić information content (AvgIpc) is 3.50. The molecule has 8 nitrogen and oxygen atoms in total. The number of nitrogens with zero attached hydrogens (tertiary/aromatic N) is 4. The van der Waals surface area contributed by atoms with E-state index in [-0.39, 0.29) is 24.4 Å². The maximum atomic E-state index is 13.7. The molecular weight excluding hydrogens is 475 g/mol. The zero-order chi connectivity index (χ0) is 26.0. The molecule has 3 aliphatic rings. The summed E-state index contributed by atoms with van der Waals surface area (Å²) in [5.41, 5.74) is 1.07. The summed E-state index contributed by atoms with van der Waals surface area (Å²) in [6.07, 6.45) is 2.80. The number of carbonyl (C=O) groups excluding carboxylic acids is 2. The van der Waals surface area contributed by atoms with Crippen molar-refractivity contribution in [1.29, 1.82) is 0 Å². The summed E-state index contributed by atoms with van der Waals surface area (Å²) in [6.45, 7) is 3.64. The Morgan fingerprint density at radius 1 is 1.00 bits per heavy atom. The van der Waals surface area contributed by atoms with E-state index in [1.54, 1.807) is 26.2 Å². The van der Waals surface area contributed by atoms with Crippen LogP contribution in [0.15, 0.2) is 54.6 Å². The number of amides is 3. The number of piperidine rings is 1. The van der Waals surface area contributed by atoms with E-state index in [4.69, 9.17) is 9.47 Å². The minimum Gasteiger partial charge on any atom is -0.343 e. The highest BCUT2D eigenvalue weighted by molar-refractivity contribution is 6.04. The summed E-state index contributed by atoms with van der Waals surface area (Å²) in [5, 5.41) is 0. The highest BCUT2D eigenvalue weighted by Gasteiger charge is 2.55. The number of para-hydroxylation sites is 1. The molecule has 9 heteroatoms. The number of hydrogen-bond donors (Lipinski definition) is 0. The predicted octanol–water partition coefficient (Wildman–Crippen LogP) is 3.63. The Morgan fingerprint density at radius 2 is 1.65 bits per heavy atom. The van der Waals surface area contributed by atoms with E-state index in [0.29, 0.717) is 32.5 Å². The van der Waals surface area contributed by atoms with Crippen molar-refractivity contribution < 1.29 is 23.5 Å². The van der Waals surface area contributed by atoms with E-state index in [0.717, 1.165) is 37.3 Å². The monoisotopic (exact) mass is 510 g/mol. The molecule has 0 aromatic heterocycles. The van der Waals surface area contributed by atoms with Gasteiger partial charge in [-0.25, -0.2) is 14.1 Å². The van der Waals surface area contributed by atoms with E-state index >= 15 is 0 Å². The molecule has 3 amide bonds. The lowest BCUT2D eigenvalue weighted by atomic mass is 9.85. The lowest BCUT2D eigenvalue weighted by Gasteiger charge is -2.43. The van der Waals surface area contributed by atoms with Gasteiger partial charge in [0.2, 0.25) is 0 Å². The summed E-state index contributed by atoms with van der Waals surface area (Å²) < 4.78 is 25.5. The average molecular weight is 511 g/mol. The van der Waals surface area contributed by atoms with Crippen LogP contribution in [0.2, 0.25) is 0 Å². The fraction of sp³-hybridized carbons (Fsp3) is 0.500. The quantitative estimate of drug-likeness (QED) is 0.592. The van der Waals surface area contributed by atoms with Crippen LogP contribution in [0.5, 0.6) is 0 Å². The smallest absolute Gasteiger partial charge is 0.327 e. The van der Waals surface area contributed by atoms with Gasteiger partial charge >= 0.3 is 6.03 Å². The Morgan fingerprint density at radius 3 is 2.27 bits per heavy atom. The third-order valence-electron chi connectivity index (χ3n) is 7.83. The van der Waals surface area contributed by atoms with Crippen molar-refractivity contribution in [2.45, 2.75) is 37.0 Å². The molecule has 3 fully saturated rings. The molecule has 37 heavy (non-hydrogen) atoms. The van der Waals surface area contributed by atoms with E-state index in [1.165, 1.54) is 21.9 Å². The molecule has 3 aliphatic heterocycles. The number of rotatable bonds is 6. The number of anilines is 1. The molecule has 0 bridgehead atoms. The van der Waals surface area contributed by atoms with Crippen molar-refractivity contribution in [3.63, 3.8) is 0 Å². The van der Waals surface area contributed by atoms with Gasteiger partial charge in [0, 0.05) is 44.9 Å². The first-order valence-electron chi connectivity index (χ1n) is 13.0. The van der Waals surface area contributed by atoms with Crippen LogP contribution < -0.4 is 4.90 Å². The van der Waals surface area contributed by atoms with E-state index in [1.807, 2.05) is 30.3 Å². The van der Waals surface area contributed by atoms with Gasteiger partial charge < -0.3 is 24.2 Å². The highest BCUT2D eigenvalue weighted by Crippen LogP contribution is 2.40. The molecule has 0 radical (unpaired) electrons. The van der Waals surface area contributed by atoms with Crippen molar-refractivity contribution in [1.82, 2.24) is 14.7 Å². The van der Waals surface area contributed by atoms with E-state index in [2.05, 4.69) is 9.80 Å². The van der Waals surface area contributed by atoms with Gasteiger partial charge in [0.25, 0.3) is 5.91 Å². The summed E-state index contributed by atoms with van der Waals surface area (Å²) >= 11 is 0. The molecule has 0 unspecified atom stereocenters. The lowest BCUT2D eigenvalue weighted by Crippen LogP contribution is -2.57. The van der Waals surface area contributed by atoms with E-state index in [9.17, 15) is 14.0 Å². The molecule has 0 aliphatic carbocycles. The van der Waals surface area contributed by atoms with Gasteiger partial charge in [-0.15, -0.1) is 0 Å². The lowest BCUT2D eigenvalue weighted by molar-refractivity contribution is -0.172. The second-order valence-corrected chi connectivity index (χ2v) is 10.2. The van der Waals surface area contributed by atoms with Crippen molar-refractivity contribution in [3.8, 4) is 0 Å². The van der Waals surface area contributed by atoms with Gasteiger partial charge in [0.1, 0.15) is 18.0 Å². The molecule has 0 saturated carbocycles. The third-order valence-corrected chi connectivity index (χ3v) is 7.83. The second-order valence-electron chi connectivity index (χ2n) is 10.2. The maximum Gasteiger partial charge on any atom is 0.327 e. The summed E-state index contributed by atoms with van der Waals surface area (Å²) in [6, 6.07) is 15.9. The van der Waals surface area contributed by atoms with Gasteiger partial charge in [0.05, 0.1) is 13.2 Å². The van der Waals surface area contributed by atoms with Gasteiger partial charge in [-0.3, -0.25) is 4.79 Å². The molecule has 0 N–H and O–H groups in total. The van der Waals surface area contributed by atoms with Crippen LogP contribution in [-0.4, -0.2) is 85.8 Å². The van der Waals surface area contributed by atoms with Gasteiger partial charge in [-0.05, 0) is 50.1 Å². The normalized spacial score (nSPS) is 21.1. The number of ether oxygens (including phenoxy) is 2. The SMILES string of the molecule is CN(C)C(=O)N1CN(c2ccccc2)C2(CCN(CCCC3(c4ccc(F)cc4)OCCO3)CC2)C1=O. The van der Waals surface area contributed by atoms with Gasteiger partial charge in [-0.1, -0.05) is 30.3 Å². The number of imide groups is 1. The number of halogens is 1. The molecule has 2 aromatic rings. The third kappa shape index (κ3) is 4.83. The van der Waals surface area contributed by atoms with Crippen molar-refractivity contribution >= 4 is 17.6 Å². The molecule has 2 aromatic carbocycles. The first-order valence-corrected chi connectivity index (χ1v) is 13.0. The number of urea groups is 1. The summed E-state index contributed by atoms with van der Waals surface area (Å²) in [5.74, 6) is -1.22. The van der Waals surface area contributed by atoms with E-state index < -0.39 is 11.3 Å². The van der Waals surface area contributed by atoms with Crippen molar-refractivity contribution in [3.05, 3.63) is 66.0 Å². The molecule has 198 valence electrons. The summed E-state index contributed by atoms with van der Waals surface area (Å²) in [7, 11) is 3.35. The van der Waals surface area contributed by atoms with Gasteiger partial charge in [-0.2, -0.15) is 0 Å². The standard InChI is InChI=1S/C28H35FN4O4/c1-30(2)26(35)32-21-33(24-7-4-3-5-8-24)27(25(32)34)14-17-31(18-15-27)16-6-13-28(36-19-20-37-28)22-9-11-23(29)12-10-22/h3-5,7-12H,6,13-21H2,1-2H3. The van der Waals surface area contributed by atoms with Crippen molar-refractivity contribution in [2.75, 3.05) is 58.5 Å². The Bertz CT molecular complexity index is 1100. The molecular formula is C28H35FN4O4. The Hall–Kier alpha value is -3.01. The Labute approximate surface area is 217 Å². The van der Waals surface area contributed by atoms with Crippen LogP contribution in [0, 0.1) is 5.82 Å². The van der Waals surface area contributed by atoms with Crippen LogP contribution in [0.25, 0.3) is 0 Å². The van der Waals surface area contributed by atoms with Gasteiger partial charge in [0.15, 0.2) is 5.79 Å². The number of carbonyl (C=O) groups is 2. The molecule has 1 spiro atoms. The number of likely N-dealkylation sites (tertiary alicyclic amines) is 1. The minimum absolute atomic E-state index is 0.113. The fourth-order valence-electron chi connectivity index (χ4n) is 5.81. The zero-order valence-corrected chi connectivity index (χ0v) is 21.6. The molecule has 5 rings (SSSR count). The maximum absolute atomic E-state index is 13.7. The van der Waals surface area contributed by atoms with Crippen LogP contribution in [0.4, 0.5) is 14.9 Å². The van der Waals surface area contributed by atoms with Crippen molar-refractivity contribution in [2.24, 2.45) is 0 Å². The summed E-state index contributed by atoms with van der Waals surface area (Å²) in [4.78, 5) is 33.8. The van der Waals surface area contributed by atoms with Crippen LogP contribution in [0.1, 0.15) is 31.2 Å². The molecule has 3 saturated heterocycles. The Balaban J connectivity index is 1.25. The zero-order valence-electron chi connectivity index (χ0n) is 21.6. The molecule has 3 heterocycles. The first kappa shape index (κ1) is 25.6. The highest BCUT2D eigenvalue weighted by atomic mass is 19.1. The Kier molecular flexibility index (Phi) is 7.20. The first-order chi connectivity index (χ1) is 17.8. The topological polar surface area (TPSA) is 65.6 Å². The number of benzene rings is 2. The minimum atomic E-state index is -0.830. The fourth-order valence-corrected chi connectivity index (χ4v) is 5.81. The van der Waals surface area contributed by atoms with Crippen LogP contribution >= 0.6 is 0 Å².